The van der Waals surface area contributed by atoms with Gasteiger partial charge >= 0.3 is 0 Å². The number of rotatable bonds is 8. The summed E-state index contributed by atoms with van der Waals surface area (Å²) in [7, 11) is 3.77. The molecule has 2 aromatic carbocycles. The predicted octanol–water partition coefficient (Wildman–Crippen LogP) is 4.01. The molecule has 0 radical (unpaired) electrons. The van der Waals surface area contributed by atoms with Crippen LogP contribution in [-0.4, -0.2) is 42.0 Å². The number of para-hydroxylation sites is 1. The highest BCUT2D eigenvalue weighted by Gasteiger charge is 2.14. The van der Waals surface area contributed by atoms with Crippen LogP contribution < -0.4 is 9.47 Å². The minimum Gasteiger partial charge on any atom is -0.497 e. The Labute approximate surface area is 161 Å². The molecule has 0 unspecified atom stereocenters. The maximum Gasteiger partial charge on any atom is 0.119 e. The van der Waals surface area contributed by atoms with Crippen molar-refractivity contribution in [2.45, 2.75) is 20.4 Å². The molecule has 0 fully saturated rings. The number of aromatic nitrogens is 2. The van der Waals surface area contributed by atoms with Crippen LogP contribution in [0.25, 0.3) is 5.69 Å². The zero-order valence-electron chi connectivity index (χ0n) is 16.5. The first-order valence-electron chi connectivity index (χ1n) is 9.14. The van der Waals surface area contributed by atoms with E-state index in [-0.39, 0.29) is 0 Å². The highest BCUT2D eigenvalue weighted by atomic mass is 16.5. The monoisotopic (exact) mass is 365 g/mol. The standard InChI is InChI=1S/C22H27N3O2/c1-17-22(18(2)25(23-17)19-8-6-5-7-9-19)16-24(3)14-15-27-21-12-10-20(26-4)11-13-21/h5-13H,14-16H2,1-4H3. The van der Waals surface area contributed by atoms with E-state index in [1.165, 1.54) is 11.3 Å². The first-order valence-corrected chi connectivity index (χ1v) is 9.14. The quantitative estimate of drug-likeness (QED) is 0.605. The van der Waals surface area contributed by atoms with Gasteiger partial charge in [-0.2, -0.15) is 5.10 Å². The Bertz CT molecular complexity index is 857. The van der Waals surface area contributed by atoms with Gasteiger partial charge in [0.25, 0.3) is 0 Å². The summed E-state index contributed by atoms with van der Waals surface area (Å²) in [5, 5.41) is 4.72. The number of likely N-dealkylation sites (N-methyl/N-ethyl adjacent to an activating group) is 1. The van der Waals surface area contributed by atoms with Crippen LogP contribution in [0.1, 0.15) is 17.0 Å². The average Bonchev–Trinajstić information content (AvgIpc) is 2.97. The van der Waals surface area contributed by atoms with E-state index in [9.17, 15) is 0 Å². The van der Waals surface area contributed by atoms with Gasteiger partial charge in [-0.15, -0.1) is 0 Å². The van der Waals surface area contributed by atoms with E-state index in [2.05, 4.69) is 37.9 Å². The van der Waals surface area contributed by atoms with E-state index in [0.717, 1.165) is 36.0 Å². The van der Waals surface area contributed by atoms with E-state index in [4.69, 9.17) is 14.6 Å². The largest absolute Gasteiger partial charge is 0.497 e. The molecule has 1 heterocycles. The molecule has 0 saturated heterocycles. The number of benzene rings is 2. The molecule has 0 bridgehead atoms. The Kier molecular flexibility index (Phi) is 6.14. The maximum absolute atomic E-state index is 5.83. The number of ether oxygens (including phenoxy) is 2. The van der Waals surface area contributed by atoms with Crippen LogP contribution >= 0.6 is 0 Å². The molecule has 0 atom stereocenters. The van der Waals surface area contributed by atoms with Gasteiger partial charge in [0.2, 0.25) is 0 Å². The van der Waals surface area contributed by atoms with Gasteiger partial charge in [-0.05, 0) is 57.3 Å². The summed E-state index contributed by atoms with van der Waals surface area (Å²) in [5.41, 5.74) is 4.61. The zero-order chi connectivity index (χ0) is 19.2. The topological polar surface area (TPSA) is 39.5 Å². The summed E-state index contributed by atoms with van der Waals surface area (Å²) < 4.78 is 13.0. The second-order valence-corrected chi connectivity index (χ2v) is 6.66. The molecule has 0 N–H and O–H groups in total. The highest BCUT2D eigenvalue weighted by Crippen LogP contribution is 2.20. The fraction of sp³-hybridized carbons (Fsp3) is 0.318. The van der Waals surface area contributed by atoms with Gasteiger partial charge in [-0.3, -0.25) is 4.90 Å². The molecular formula is C22H27N3O2. The molecule has 0 spiro atoms. The molecule has 1 aromatic heterocycles. The second-order valence-electron chi connectivity index (χ2n) is 6.66. The number of hydrogen-bond acceptors (Lipinski definition) is 4. The molecular weight excluding hydrogens is 338 g/mol. The van der Waals surface area contributed by atoms with E-state index >= 15 is 0 Å². The van der Waals surface area contributed by atoms with Gasteiger partial charge in [-0.25, -0.2) is 4.68 Å². The van der Waals surface area contributed by atoms with Crippen molar-refractivity contribution < 1.29 is 9.47 Å². The molecule has 0 aliphatic rings. The molecule has 27 heavy (non-hydrogen) atoms. The third-order valence-electron chi connectivity index (χ3n) is 4.67. The molecule has 0 aliphatic heterocycles. The van der Waals surface area contributed by atoms with Crippen molar-refractivity contribution in [1.82, 2.24) is 14.7 Å². The fourth-order valence-electron chi connectivity index (χ4n) is 3.06. The summed E-state index contributed by atoms with van der Waals surface area (Å²) in [4.78, 5) is 2.26. The summed E-state index contributed by atoms with van der Waals surface area (Å²) in [6.45, 7) is 6.51. The minimum atomic E-state index is 0.633. The molecule has 0 saturated carbocycles. The Balaban J connectivity index is 1.57. The van der Waals surface area contributed by atoms with Gasteiger partial charge in [0.05, 0.1) is 18.5 Å². The van der Waals surface area contributed by atoms with Crippen molar-refractivity contribution in [2.24, 2.45) is 0 Å². The summed E-state index contributed by atoms with van der Waals surface area (Å²) in [6.07, 6.45) is 0. The van der Waals surface area contributed by atoms with Gasteiger partial charge in [-0.1, -0.05) is 18.2 Å². The van der Waals surface area contributed by atoms with Gasteiger partial charge < -0.3 is 9.47 Å². The lowest BCUT2D eigenvalue weighted by atomic mass is 10.2. The van der Waals surface area contributed by atoms with Crippen LogP contribution in [0.3, 0.4) is 0 Å². The highest BCUT2D eigenvalue weighted by molar-refractivity contribution is 5.37. The molecule has 5 heteroatoms. The van der Waals surface area contributed by atoms with Crippen molar-refractivity contribution >= 4 is 0 Å². The second kappa shape index (κ2) is 8.73. The van der Waals surface area contributed by atoms with Crippen LogP contribution in [0, 0.1) is 13.8 Å². The third kappa shape index (κ3) is 4.68. The van der Waals surface area contributed by atoms with Gasteiger partial charge in [0, 0.05) is 24.3 Å². The van der Waals surface area contributed by atoms with Crippen LogP contribution in [0.15, 0.2) is 54.6 Å². The summed E-state index contributed by atoms with van der Waals surface area (Å²) in [5.74, 6) is 1.69. The lowest BCUT2D eigenvalue weighted by molar-refractivity contribution is 0.232. The number of nitrogens with zero attached hydrogens (tertiary/aromatic N) is 3. The average molecular weight is 365 g/mol. The minimum absolute atomic E-state index is 0.633. The first kappa shape index (κ1) is 19.0. The normalized spacial score (nSPS) is 11.0. The third-order valence-corrected chi connectivity index (χ3v) is 4.67. The number of aryl methyl sites for hydroxylation is 1. The van der Waals surface area contributed by atoms with E-state index in [0.29, 0.717) is 6.61 Å². The maximum atomic E-state index is 5.83. The molecule has 0 aliphatic carbocycles. The number of methoxy groups -OCH3 is 1. The van der Waals surface area contributed by atoms with Crippen molar-refractivity contribution in [2.75, 3.05) is 27.3 Å². The Morgan fingerprint density at radius 2 is 1.63 bits per heavy atom. The zero-order valence-corrected chi connectivity index (χ0v) is 16.5. The molecule has 3 rings (SSSR count). The smallest absolute Gasteiger partial charge is 0.119 e. The molecule has 3 aromatic rings. The van der Waals surface area contributed by atoms with Crippen molar-refractivity contribution in [3.63, 3.8) is 0 Å². The lowest BCUT2D eigenvalue weighted by Crippen LogP contribution is -2.24. The van der Waals surface area contributed by atoms with Crippen molar-refractivity contribution in [3.05, 3.63) is 71.5 Å². The Morgan fingerprint density at radius 3 is 2.30 bits per heavy atom. The molecule has 142 valence electrons. The first-order chi connectivity index (χ1) is 13.1. The molecule has 0 amide bonds. The van der Waals surface area contributed by atoms with E-state index in [1.54, 1.807) is 7.11 Å². The van der Waals surface area contributed by atoms with Crippen molar-refractivity contribution in [3.8, 4) is 17.2 Å². The van der Waals surface area contributed by atoms with E-state index in [1.807, 2.05) is 47.1 Å². The fourth-order valence-corrected chi connectivity index (χ4v) is 3.06. The van der Waals surface area contributed by atoms with Crippen molar-refractivity contribution in [1.29, 1.82) is 0 Å². The summed E-state index contributed by atoms with van der Waals surface area (Å²) >= 11 is 0. The predicted molar refractivity (Wildman–Crippen MR) is 108 cm³/mol. The lowest BCUT2D eigenvalue weighted by Gasteiger charge is -2.17. The van der Waals surface area contributed by atoms with Crippen LogP contribution in [0.2, 0.25) is 0 Å². The van der Waals surface area contributed by atoms with Crippen LogP contribution in [0.5, 0.6) is 11.5 Å². The molecule has 5 nitrogen and oxygen atoms in total. The van der Waals surface area contributed by atoms with E-state index < -0.39 is 0 Å². The van der Waals surface area contributed by atoms with Gasteiger partial charge in [0.15, 0.2) is 0 Å². The van der Waals surface area contributed by atoms with Gasteiger partial charge in [0.1, 0.15) is 18.1 Å². The Hall–Kier alpha value is -2.79. The number of hydrogen-bond donors (Lipinski definition) is 0. The SMILES string of the molecule is COc1ccc(OCCN(C)Cc2c(C)nn(-c3ccccc3)c2C)cc1. The van der Waals surface area contributed by atoms with Crippen LogP contribution in [0.4, 0.5) is 0 Å². The summed E-state index contributed by atoms with van der Waals surface area (Å²) in [6, 6.07) is 17.9. The van der Waals surface area contributed by atoms with Crippen LogP contribution in [-0.2, 0) is 6.54 Å². The Morgan fingerprint density at radius 1 is 0.963 bits per heavy atom.